The van der Waals surface area contributed by atoms with Crippen molar-refractivity contribution < 1.29 is 4.74 Å². The fourth-order valence-electron chi connectivity index (χ4n) is 2.39. The third kappa shape index (κ3) is 2.58. The Bertz CT molecular complexity index is 372. The van der Waals surface area contributed by atoms with E-state index < -0.39 is 0 Å². The lowest BCUT2D eigenvalue weighted by molar-refractivity contribution is 0.320. The first-order valence-corrected chi connectivity index (χ1v) is 6.55. The molecule has 1 aliphatic heterocycles. The van der Waals surface area contributed by atoms with Crippen molar-refractivity contribution in [2.24, 2.45) is 0 Å². The maximum absolute atomic E-state index is 5.49. The fourth-order valence-corrected chi connectivity index (χ4v) is 3.01. The van der Waals surface area contributed by atoms with Crippen LogP contribution in [0, 0.1) is 6.92 Å². The normalized spacial score (nSPS) is 16.7. The Hall–Kier alpha value is -0.540. The van der Waals surface area contributed by atoms with Gasteiger partial charge in [-0.05, 0) is 50.6 Å². The number of methoxy groups -OCH3 is 1. The van der Waals surface area contributed by atoms with Crippen molar-refractivity contribution in [1.82, 2.24) is 4.90 Å². The molecule has 2 nitrogen and oxygen atoms in total. The summed E-state index contributed by atoms with van der Waals surface area (Å²) in [6.07, 6.45) is 2.66. The van der Waals surface area contributed by atoms with E-state index in [2.05, 4.69) is 39.9 Å². The molecule has 1 aliphatic rings. The van der Waals surface area contributed by atoms with Crippen molar-refractivity contribution >= 4 is 15.9 Å². The zero-order valence-electron chi connectivity index (χ0n) is 9.92. The van der Waals surface area contributed by atoms with E-state index in [4.69, 9.17) is 4.74 Å². The van der Waals surface area contributed by atoms with Gasteiger partial charge in [0.2, 0.25) is 0 Å². The Morgan fingerprint density at radius 3 is 2.62 bits per heavy atom. The third-order valence-electron chi connectivity index (χ3n) is 3.11. The molecule has 1 aromatic carbocycles. The molecule has 1 saturated heterocycles. The quantitative estimate of drug-likeness (QED) is 0.844. The average Bonchev–Trinajstić information content (AvgIpc) is 2.70. The van der Waals surface area contributed by atoms with E-state index >= 15 is 0 Å². The number of hydrogen-bond donors (Lipinski definition) is 0. The van der Waals surface area contributed by atoms with Gasteiger partial charge in [0.1, 0.15) is 5.75 Å². The first kappa shape index (κ1) is 11.9. The molecule has 0 radical (unpaired) electrons. The minimum absolute atomic E-state index is 1.00. The molecular formula is C13H18BrNO. The molecule has 16 heavy (non-hydrogen) atoms. The van der Waals surface area contributed by atoms with Crippen LogP contribution in [0.15, 0.2) is 16.6 Å². The Balaban J connectivity index is 2.23. The molecule has 3 heteroatoms. The molecule has 1 fully saturated rings. The summed E-state index contributed by atoms with van der Waals surface area (Å²) in [5.74, 6) is 1.04. The van der Waals surface area contributed by atoms with Gasteiger partial charge in [-0.2, -0.15) is 0 Å². The van der Waals surface area contributed by atoms with Gasteiger partial charge >= 0.3 is 0 Å². The summed E-state index contributed by atoms with van der Waals surface area (Å²) in [6.45, 7) is 5.53. The Labute approximate surface area is 106 Å². The van der Waals surface area contributed by atoms with E-state index in [0.717, 1.165) is 16.8 Å². The van der Waals surface area contributed by atoms with Crippen molar-refractivity contribution in [2.45, 2.75) is 26.3 Å². The van der Waals surface area contributed by atoms with Crippen LogP contribution in [-0.4, -0.2) is 25.1 Å². The molecule has 88 valence electrons. The molecule has 0 N–H and O–H groups in total. The van der Waals surface area contributed by atoms with Gasteiger partial charge in [0.25, 0.3) is 0 Å². The Kier molecular flexibility index (Phi) is 3.87. The van der Waals surface area contributed by atoms with Gasteiger partial charge in [-0.25, -0.2) is 0 Å². The molecule has 1 aromatic rings. The van der Waals surface area contributed by atoms with E-state index in [-0.39, 0.29) is 0 Å². The summed E-state index contributed by atoms with van der Waals surface area (Å²) in [6, 6.07) is 4.27. The molecular weight excluding hydrogens is 266 g/mol. The fraction of sp³-hybridized carbons (Fsp3) is 0.538. The van der Waals surface area contributed by atoms with Crippen LogP contribution in [0.25, 0.3) is 0 Å². The average molecular weight is 284 g/mol. The van der Waals surface area contributed by atoms with E-state index in [1.165, 1.54) is 37.1 Å². The summed E-state index contributed by atoms with van der Waals surface area (Å²) in [5, 5.41) is 0. The SMILES string of the molecule is COc1c(C)cc(Br)cc1CN1CCCC1. The van der Waals surface area contributed by atoms with Crippen LogP contribution in [0.3, 0.4) is 0 Å². The number of benzene rings is 1. The highest BCUT2D eigenvalue weighted by Gasteiger charge is 2.15. The molecule has 0 bridgehead atoms. The van der Waals surface area contributed by atoms with Crippen molar-refractivity contribution in [3.8, 4) is 5.75 Å². The predicted molar refractivity (Wildman–Crippen MR) is 69.9 cm³/mol. The van der Waals surface area contributed by atoms with E-state index in [1.807, 2.05) is 0 Å². The zero-order valence-corrected chi connectivity index (χ0v) is 11.5. The van der Waals surface area contributed by atoms with E-state index in [0.29, 0.717) is 0 Å². The molecule has 1 heterocycles. The van der Waals surface area contributed by atoms with E-state index in [9.17, 15) is 0 Å². The van der Waals surface area contributed by atoms with Crippen LogP contribution >= 0.6 is 15.9 Å². The lowest BCUT2D eigenvalue weighted by atomic mass is 10.1. The van der Waals surface area contributed by atoms with Crippen molar-refractivity contribution in [3.05, 3.63) is 27.7 Å². The molecule has 0 saturated carbocycles. The number of likely N-dealkylation sites (tertiary alicyclic amines) is 1. The van der Waals surface area contributed by atoms with Gasteiger partial charge in [0.15, 0.2) is 0 Å². The second-order valence-electron chi connectivity index (χ2n) is 4.40. The molecule has 0 atom stereocenters. The van der Waals surface area contributed by atoms with Gasteiger partial charge in [-0.3, -0.25) is 4.90 Å². The number of hydrogen-bond acceptors (Lipinski definition) is 2. The number of ether oxygens (including phenoxy) is 1. The monoisotopic (exact) mass is 283 g/mol. The van der Waals surface area contributed by atoms with Gasteiger partial charge in [0.05, 0.1) is 7.11 Å². The van der Waals surface area contributed by atoms with Crippen molar-refractivity contribution in [2.75, 3.05) is 20.2 Å². The highest BCUT2D eigenvalue weighted by atomic mass is 79.9. The highest BCUT2D eigenvalue weighted by Crippen LogP contribution is 2.29. The molecule has 0 aromatic heterocycles. The largest absolute Gasteiger partial charge is 0.496 e. The molecule has 0 aliphatic carbocycles. The first-order valence-electron chi connectivity index (χ1n) is 5.76. The molecule has 0 unspecified atom stereocenters. The third-order valence-corrected chi connectivity index (χ3v) is 3.57. The summed E-state index contributed by atoms with van der Waals surface area (Å²) < 4.78 is 6.63. The summed E-state index contributed by atoms with van der Waals surface area (Å²) >= 11 is 3.55. The first-order chi connectivity index (χ1) is 7.70. The van der Waals surface area contributed by atoms with Gasteiger partial charge in [0, 0.05) is 16.6 Å². The van der Waals surface area contributed by atoms with Crippen LogP contribution in [0.1, 0.15) is 24.0 Å². The Morgan fingerprint density at radius 2 is 2.00 bits per heavy atom. The lowest BCUT2D eigenvalue weighted by Gasteiger charge is -2.18. The highest BCUT2D eigenvalue weighted by molar-refractivity contribution is 9.10. The minimum Gasteiger partial charge on any atom is -0.496 e. The minimum atomic E-state index is 1.00. The number of nitrogens with zero attached hydrogens (tertiary/aromatic N) is 1. The van der Waals surface area contributed by atoms with Crippen LogP contribution in [0.2, 0.25) is 0 Å². The van der Waals surface area contributed by atoms with Crippen LogP contribution in [0.4, 0.5) is 0 Å². The summed E-state index contributed by atoms with van der Waals surface area (Å²) in [4.78, 5) is 2.49. The van der Waals surface area contributed by atoms with Crippen LogP contribution in [-0.2, 0) is 6.54 Å². The second-order valence-corrected chi connectivity index (χ2v) is 5.31. The lowest BCUT2D eigenvalue weighted by Crippen LogP contribution is -2.19. The maximum atomic E-state index is 5.49. The summed E-state index contributed by atoms with van der Waals surface area (Å²) in [7, 11) is 1.75. The predicted octanol–water partition coefficient (Wildman–Crippen LogP) is 3.36. The smallest absolute Gasteiger partial charge is 0.126 e. The molecule has 2 rings (SSSR count). The van der Waals surface area contributed by atoms with Crippen LogP contribution < -0.4 is 4.74 Å². The number of halogens is 1. The van der Waals surface area contributed by atoms with Crippen molar-refractivity contribution in [3.63, 3.8) is 0 Å². The van der Waals surface area contributed by atoms with Gasteiger partial charge in [-0.1, -0.05) is 15.9 Å². The van der Waals surface area contributed by atoms with Gasteiger partial charge in [-0.15, -0.1) is 0 Å². The molecule has 0 spiro atoms. The maximum Gasteiger partial charge on any atom is 0.126 e. The number of rotatable bonds is 3. The summed E-state index contributed by atoms with van der Waals surface area (Å²) in [5.41, 5.74) is 2.49. The second kappa shape index (κ2) is 5.19. The Morgan fingerprint density at radius 1 is 1.31 bits per heavy atom. The topological polar surface area (TPSA) is 12.5 Å². The van der Waals surface area contributed by atoms with Crippen molar-refractivity contribution in [1.29, 1.82) is 0 Å². The van der Waals surface area contributed by atoms with E-state index in [1.54, 1.807) is 7.11 Å². The molecule has 0 amide bonds. The van der Waals surface area contributed by atoms with Crippen LogP contribution in [0.5, 0.6) is 5.75 Å². The standard InChI is InChI=1S/C13H18BrNO/c1-10-7-12(14)8-11(13(10)16-2)9-15-5-3-4-6-15/h7-8H,3-6,9H2,1-2H3. The number of aryl methyl sites for hydroxylation is 1. The zero-order chi connectivity index (χ0) is 11.5. The van der Waals surface area contributed by atoms with Gasteiger partial charge < -0.3 is 4.74 Å².